The molecule has 0 aromatic heterocycles. The Morgan fingerprint density at radius 3 is 2.68 bits per heavy atom. The van der Waals surface area contributed by atoms with E-state index >= 15 is 0 Å². The SMILES string of the molecule is COC(C)CCC(=O)NC1(C(=O)O)CCCCC1C. The van der Waals surface area contributed by atoms with Gasteiger partial charge in [-0.25, -0.2) is 4.79 Å². The van der Waals surface area contributed by atoms with Crippen molar-refractivity contribution < 1.29 is 19.4 Å². The number of hydrogen-bond donors (Lipinski definition) is 2. The lowest BCUT2D eigenvalue weighted by Gasteiger charge is -2.39. The number of carboxylic acid groups (broad SMARTS) is 1. The lowest BCUT2D eigenvalue weighted by Crippen LogP contribution is -2.60. The van der Waals surface area contributed by atoms with Crippen molar-refractivity contribution in [3.63, 3.8) is 0 Å². The molecule has 1 aliphatic rings. The summed E-state index contributed by atoms with van der Waals surface area (Å²) in [5, 5.41) is 12.3. The molecule has 1 amide bonds. The Kier molecular flexibility index (Phi) is 5.79. The second-order valence-corrected chi connectivity index (χ2v) is 5.56. The molecule has 0 spiro atoms. The van der Waals surface area contributed by atoms with Crippen LogP contribution in [0.15, 0.2) is 0 Å². The zero-order chi connectivity index (χ0) is 14.5. The van der Waals surface area contributed by atoms with Crippen LogP contribution in [-0.2, 0) is 14.3 Å². The number of methoxy groups -OCH3 is 1. The first-order valence-corrected chi connectivity index (χ1v) is 6.99. The summed E-state index contributed by atoms with van der Waals surface area (Å²) in [6.07, 6.45) is 4.17. The average Bonchev–Trinajstić information content (AvgIpc) is 2.38. The molecule has 2 N–H and O–H groups in total. The van der Waals surface area contributed by atoms with Gasteiger partial charge in [-0.2, -0.15) is 0 Å². The van der Waals surface area contributed by atoms with Crippen LogP contribution in [0.25, 0.3) is 0 Å². The molecule has 0 aromatic rings. The summed E-state index contributed by atoms with van der Waals surface area (Å²) in [4.78, 5) is 23.5. The van der Waals surface area contributed by atoms with Crippen LogP contribution in [0.2, 0.25) is 0 Å². The fourth-order valence-electron chi connectivity index (χ4n) is 2.67. The number of aliphatic carboxylic acids is 1. The second-order valence-electron chi connectivity index (χ2n) is 5.56. The first kappa shape index (κ1) is 16.0. The fraction of sp³-hybridized carbons (Fsp3) is 0.857. The lowest BCUT2D eigenvalue weighted by molar-refractivity contribution is -0.152. The summed E-state index contributed by atoms with van der Waals surface area (Å²) < 4.78 is 5.09. The molecule has 0 heterocycles. The standard InChI is InChI=1S/C14H25NO4/c1-10-6-4-5-9-14(10,13(17)18)15-12(16)8-7-11(2)19-3/h10-11H,4-9H2,1-3H3,(H,15,16)(H,17,18). The van der Waals surface area contributed by atoms with Gasteiger partial charge in [0, 0.05) is 13.5 Å². The van der Waals surface area contributed by atoms with Gasteiger partial charge in [-0.15, -0.1) is 0 Å². The third-order valence-electron chi connectivity index (χ3n) is 4.22. The smallest absolute Gasteiger partial charge is 0.329 e. The van der Waals surface area contributed by atoms with Crippen molar-refractivity contribution in [2.24, 2.45) is 5.92 Å². The molecule has 0 radical (unpaired) electrons. The molecule has 0 saturated heterocycles. The summed E-state index contributed by atoms with van der Waals surface area (Å²) in [5.41, 5.74) is -1.08. The maximum absolute atomic E-state index is 12.0. The number of carbonyl (C=O) groups is 2. The molecule has 1 rings (SSSR count). The Morgan fingerprint density at radius 2 is 2.16 bits per heavy atom. The third kappa shape index (κ3) is 3.93. The number of amides is 1. The lowest BCUT2D eigenvalue weighted by atomic mass is 9.73. The van der Waals surface area contributed by atoms with E-state index in [-0.39, 0.29) is 17.9 Å². The minimum Gasteiger partial charge on any atom is -0.479 e. The van der Waals surface area contributed by atoms with E-state index in [2.05, 4.69) is 5.32 Å². The molecule has 0 aromatic carbocycles. The molecule has 19 heavy (non-hydrogen) atoms. The van der Waals surface area contributed by atoms with Crippen LogP contribution in [0, 0.1) is 5.92 Å². The van der Waals surface area contributed by atoms with Gasteiger partial charge >= 0.3 is 5.97 Å². The van der Waals surface area contributed by atoms with Crippen molar-refractivity contribution in [2.45, 2.75) is 64.0 Å². The molecule has 3 atom stereocenters. The second kappa shape index (κ2) is 6.89. The molecule has 5 heteroatoms. The summed E-state index contributed by atoms with van der Waals surface area (Å²) in [6.45, 7) is 3.80. The van der Waals surface area contributed by atoms with Crippen LogP contribution in [0.3, 0.4) is 0 Å². The van der Waals surface area contributed by atoms with E-state index in [9.17, 15) is 14.7 Å². The van der Waals surface area contributed by atoms with Gasteiger partial charge in [0.1, 0.15) is 5.54 Å². The molecular weight excluding hydrogens is 246 g/mol. The largest absolute Gasteiger partial charge is 0.479 e. The van der Waals surface area contributed by atoms with Gasteiger partial charge in [0.05, 0.1) is 6.10 Å². The van der Waals surface area contributed by atoms with Crippen molar-refractivity contribution in [1.29, 1.82) is 0 Å². The molecule has 1 saturated carbocycles. The zero-order valence-electron chi connectivity index (χ0n) is 12.1. The number of carboxylic acids is 1. The van der Waals surface area contributed by atoms with Crippen LogP contribution in [0.5, 0.6) is 0 Å². The van der Waals surface area contributed by atoms with E-state index in [1.807, 2.05) is 13.8 Å². The minimum absolute atomic E-state index is 0.00954. The summed E-state index contributed by atoms with van der Waals surface area (Å²) in [7, 11) is 1.60. The van der Waals surface area contributed by atoms with Gasteiger partial charge in [-0.1, -0.05) is 19.8 Å². The Morgan fingerprint density at radius 1 is 1.47 bits per heavy atom. The maximum atomic E-state index is 12.0. The number of hydrogen-bond acceptors (Lipinski definition) is 3. The monoisotopic (exact) mass is 271 g/mol. The first-order valence-electron chi connectivity index (χ1n) is 6.99. The fourth-order valence-corrected chi connectivity index (χ4v) is 2.67. The van der Waals surface area contributed by atoms with Gasteiger partial charge in [0.15, 0.2) is 0 Å². The molecule has 5 nitrogen and oxygen atoms in total. The number of rotatable bonds is 6. The van der Waals surface area contributed by atoms with Gasteiger partial charge in [0.25, 0.3) is 0 Å². The summed E-state index contributed by atoms with van der Waals surface area (Å²) in [6, 6.07) is 0. The molecule has 0 aliphatic heterocycles. The normalized spacial score (nSPS) is 28.7. The Bertz CT molecular complexity index is 331. The minimum atomic E-state index is -1.08. The maximum Gasteiger partial charge on any atom is 0.329 e. The van der Waals surface area contributed by atoms with E-state index in [0.717, 1.165) is 19.3 Å². The van der Waals surface area contributed by atoms with E-state index < -0.39 is 11.5 Å². The van der Waals surface area contributed by atoms with Crippen LogP contribution in [-0.4, -0.2) is 35.7 Å². The van der Waals surface area contributed by atoms with Crippen LogP contribution in [0.1, 0.15) is 52.4 Å². The highest BCUT2D eigenvalue weighted by atomic mass is 16.5. The highest BCUT2D eigenvalue weighted by Crippen LogP contribution is 2.34. The highest BCUT2D eigenvalue weighted by Gasteiger charge is 2.46. The molecule has 3 unspecified atom stereocenters. The molecule has 110 valence electrons. The number of carbonyl (C=O) groups excluding carboxylic acids is 1. The Hall–Kier alpha value is -1.10. The molecule has 1 aliphatic carbocycles. The molecule has 0 bridgehead atoms. The predicted octanol–water partition coefficient (Wildman–Crippen LogP) is 1.95. The van der Waals surface area contributed by atoms with Gasteiger partial charge in [0.2, 0.25) is 5.91 Å². The average molecular weight is 271 g/mol. The van der Waals surface area contributed by atoms with Crippen LogP contribution in [0.4, 0.5) is 0 Å². The van der Waals surface area contributed by atoms with E-state index in [0.29, 0.717) is 19.3 Å². The predicted molar refractivity (Wildman–Crippen MR) is 71.8 cm³/mol. The van der Waals surface area contributed by atoms with Crippen molar-refractivity contribution in [3.8, 4) is 0 Å². The van der Waals surface area contributed by atoms with Gasteiger partial charge in [-0.05, 0) is 32.1 Å². The zero-order valence-corrected chi connectivity index (χ0v) is 12.1. The summed E-state index contributed by atoms with van der Waals surface area (Å²) in [5.74, 6) is -1.13. The third-order valence-corrected chi connectivity index (χ3v) is 4.22. The Labute approximate surface area is 114 Å². The van der Waals surface area contributed by atoms with Crippen LogP contribution < -0.4 is 5.32 Å². The van der Waals surface area contributed by atoms with Crippen molar-refractivity contribution in [3.05, 3.63) is 0 Å². The quantitative estimate of drug-likeness (QED) is 0.774. The Balaban J connectivity index is 2.63. The van der Waals surface area contributed by atoms with Crippen molar-refractivity contribution in [2.75, 3.05) is 7.11 Å². The number of ether oxygens (including phenoxy) is 1. The van der Waals surface area contributed by atoms with Gasteiger partial charge in [-0.3, -0.25) is 4.79 Å². The first-order chi connectivity index (χ1) is 8.92. The topological polar surface area (TPSA) is 75.6 Å². The van der Waals surface area contributed by atoms with Crippen molar-refractivity contribution >= 4 is 11.9 Å². The molecular formula is C14H25NO4. The van der Waals surface area contributed by atoms with Crippen molar-refractivity contribution in [1.82, 2.24) is 5.32 Å². The van der Waals surface area contributed by atoms with E-state index in [4.69, 9.17) is 4.74 Å². The number of nitrogens with one attached hydrogen (secondary N) is 1. The van der Waals surface area contributed by atoms with E-state index in [1.165, 1.54) is 0 Å². The highest BCUT2D eigenvalue weighted by molar-refractivity contribution is 5.87. The van der Waals surface area contributed by atoms with Gasteiger partial charge < -0.3 is 15.2 Å². The van der Waals surface area contributed by atoms with E-state index in [1.54, 1.807) is 7.11 Å². The van der Waals surface area contributed by atoms with Crippen LogP contribution >= 0.6 is 0 Å². The molecule has 1 fully saturated rings. The summed E-state index contributed by atoms with van der Waals surface area (Å²) >= 11 is 0.